The zero-order valence-corrected chi connectivity index (χ0v) is 11.8. The van der Waals surface area contributed by atoms with Crippen molar-refractivity contribution in [3.05, 3.63) is 47.6 Å². The van der Waals surface area contributed by atoms with Crippen molar-refractivity contribution in [1.82, 2.24) is 19.9 Å². The van der Waals surface area contributed by atoms with Crippen molar-refractivity contribution >= 4 is 0 Å². The van der Waals surface area contributed by atoms with Crippen molar-refractivity contribution < 1.29 is 4.52 Å². The van der Waals surface area contributed by atoms with Gasteiger partial charge in [-0.3, -0.25) is 14.8 Å². The van der Waals surface area contributed by atoms with Gasteiger partial charge in [-0.2, -0.15) is 0 Å². The summed E-state index contributed by atoms with van der Waals surface area (Å²) < 4.78 is 5.28. The van der Waals surface area contributed by atoms with Crippen molar-refractivity contribution in [2.75, 3.05) is 26.2 Å². The summed E-state index contributed by atoms with van der Waals surface area (Å²) in [5.74, 6) is 0.963. The fraction of sp³-hybridized carbons (Fsp3) is 0.467. The first kappa shape index (κ1) is 13.3. The quantitative estimate of drug-likeness (QED) is 0.847. The fourth-order valence-corrected chi connectivity index (χ4v) is 2.56. The molecule has 106 valence electrons. The number of aromatic nitrogens is 2. The van der Waals surface area contributed by atoms with Crippen LogP contribution in [0.15, 0.2) is 35.1 Å². The summed E-state index contributed by atoms with van der Waals surface area (Å²) in [5.41, 5.74) is 2.29. The SMILES string of the molecule is Cc1cc(CN2CCN(Cc3ccncc3)CC2)on1. The molecule has 2 aromatic rings. The van der Waals surface area contributed by atoms with E-state index in [1.807, 2.05) is 25.4 Å². The standard InChI is InChI=1S/C15H20N4O/c1-13-10-15(20-17-13)12-19-8-6-18(7-9-19)11-14-2-4-16-5-3-14/h2-5,10H,6-9,11-12H2,1H3. The summed E-state index contributed by atoms with van der Waals surface area (Å²) in [6.07, 6.45) is 3.72. The van der Waals surface area contributed by atoms with Crippen LogP contribution in [0.4, 0.5) is 0 Å². The highest BCUT2D eigenvalue weighted by atomic mass is 16.5. The molecule has 0 saturated carbocycles. The predicted molar refractivity (Wildman–Crippen MR) is 76.0 cm³/mol. The van der Waals surface area contributed by atoms with Crippen LogP contribution < -0.4 is 0 Å². The molecule has 1 aliphatic heterocycles. The van der Waals surface area contributed by atoms with E-state index < -0.39 is 0 Å². The van der Waals surface area contributed by atoms with E-state index in [1.54, 1.807) is 0 Å². The van der Waals surface area contributed by atoms with Crippen molar-refractivity contribution in [3.63, 3.8) is 0 Å². The second kappa shape index (κ2) is 6.15. The molecule has 0 unspecified atom stereocenters. The number of piperazine rings is 1. The number of nitrogens with zero attached hydrogens (tertiary/aromatic N) is 4. The van der Waals surface area contributed by atoms with E-state index in [0.717, 1.165) is 50.7 Å². The van der Waals surface area contributed by atoms with E-state index >= 15 is 0 Å². The lowest BCUT2D eigenvalue weighted by Gasteiger charge is -2.34. The molecule has 1 aliphatic rings. The molecule has 0 amide bonds. The molecule has 0 aliphatic carbocycles. The zero-order valence-electron chi connectivity index (χ0n) is 11.8. The predicted octanol–water partition coefficient (Wildman–Crippen LogP) is 1.70. The molecule has 0 atom stereocenters. The lowest BCUT2D eigenvalue weighted by Crippen LogP contribution is -2.45. The molecule has 5 heteroatoms. The smallest absolute Gasteiger partial charge is 0.150 e. The third-order valence-corrected chi connectivity index (χ3v) is 3.68. The van der Waals surface area contributed by atoms with Gasteiger partial charge >= 0.3 is 0 Å². The Morgan fingerprint density at radius 1 is 1.05 bits per heavy atom. The molecule has 0 bridgehead atoms. The molecule has 0 spiro atoms. The van der Waals surface area contributed by atoms with Gasteiger partial charge in [0.2, 0.25) is 0 Å². The number of pyridine rings is 1. The van der Waals surface area contributed by atoms with E-state index in [-0.39, 0.29) is 0 Å². The van der Waals surface area contributed by atoms with E-state index in [1.165, 1.54) is 5.56 Å². The van der Waals surface area contributed by atoms with Crippen LogP contribution >= 0.6 is 0 Å². The Balaban J connectivity index is 1.47. The molecule has 1 saturated heterocycles. The lowest BCUT2D eigenvalue weighted by atomic mass is 10.2. The fourth-order valence-electron chi connectivity index (χ4n) is 2.56. The largest absolute Gasteiger partial charge is 0.360 e. The van der Waals surface area contributed by atoms with Crippen molar-refractivity contribution in [3.8, 4) is 0 Å². The van der Waals surface area contributed by atoms with E-state index in [9.17, 15) is 0 Å². The average Bonchev–Trinajstić information content (AvgIpc) is 2.88. The Morgan fingerprint density at radius 2 is 1.70 bits per heavy atom. The first-order valence-corrected chi connectivity index (χ1v) is 7.05. The maximum absolute atomic E-state index is 5.28. The maximum Gasteiger partial charge on any atom is 0.150 e. The van der Waals surface area contributed by atoms with Gasteiger partial charge in [-0.05, 0) is 24.6 Å². The molecular weight excluding hydrogens is 252 g/mol. The van der Waals surface area contributed by atoms with Crippen LogP contribution in [0.2, 0.25) is 0 Å². The van der Waals surface area contributed by atoms with Gasteiger partial charge < -0.3 is 4.52 Å². The Kier molecular flexibility index (Phi) is 4.08. The Bertz CT molecular complexity index is 532. The summed E-state index contributed by atoms with van der Waals surface area (Å²) in [6, 6.07) is 6.19. The molecule has 0 radical (unpaired) electrons. The van der Waals surface area contributed by atoms with E-state index in [0.29, 0.717) is 0 Å². The number of aryl methyl sites for hydroxylation is 1. The normalized spacial score (nSPS) is 17.4. The van der Waals surface area contributed by atoms with Gasteiger partial charge in [-0.15, -0.1) is 0 Å². The van der Waals surface area contributed by atoms with Crippen LogP contribution in [0.25, 0.3) is 0 Å². The van der Waals surface area contributed by atoms with Gasteiger partial charge in [0.15, 0.2) is 5.76 Å². The summed E-state index contributed by atoms with van der Waals surface area (Å²) in [4.78, 5) is 8.96. The molecule has 20 heavy (non-hydrogen) atoms. The van der Waals surface area contributed by atoms with Crippen LogP contribution in [-0.4, -0.2) is 46.1 Å². The van der Waals surface area contributed by atoms with Gasteiger partial charge in [0, 0.05) is 51.2 Å². The van der Waals surface area contributed by atoms with Gasteiger partial charge in [0.1, 0.15) is 0 Å². The van der Waals surface area contributed by atoms with Crippen molar-refractivity contribution in [1.29, 1.82) is 0 Å². The van der Waals surface area contributed by atoms with Gasteiger partial charge in [-0.1, -0.05) is 5.16 Å². The molecule has 0 aromatic carbocycles. The average molecular weight is 272 g/mol. The van der Waals surface area contributed by atoms with Crippen LogP contribution in [0.5, 0.6) is 0 Å². The third kappa shape index (κ3) is 3.43. The van der Waals surface area contributed by atoms with E-state index in [2.05, 4.69) is 32.1 Å². The topological polar surface area (TPSA) is 45.4 Å². The first-order chi connectivity index (χ1) is 9.79. The summed E-state index contributed by atoms with van der Waals surface area (Å²) in [5, 5.41) is 3.93. The number of hydrogen-bond donors (Lipinski definition) is 0. The maximum atomic E-state index is 5.28. The highest BCUT2D eigenvalue weighted by Gasteiger charge is 2.18. The van der Waals surface area contributed by atoms with Gasteiger partial charge in [0.25, 0.3) is 0 Å². The second-order valence-corrected chi connectivity index (χ2v) is 5.34. The Hall–Kier alpha value is -1.72. The summed E-state index contributed by atoms with van der Waals surface area (Å²) in [6.45, 7) is 8.17. The minimum atomic E-state index is 0.865. The Morgan fingerprint density at radius 3 is 2.30 bits per heavy atom. The molecule has 2 aromatic heterocycles. The second-order valence-electron chi connectivity index (χ2n) is 5.34. The lowest BCUT2D eigenvalue weighted by molar-refractivity contribution is 0.113. The van der Waals surface area contributed by atoms with Crippen LogP contribution in [-0.2, 0) is 13.1 Å². The molecule has 3 rings (SSSR count). The van der Waals surface area contributed by atoms with Crippen LogP contribution in [0, 0.1) is 6.92 Å². The van der Waals surface area contributed by atoms with Crippen molar-refractivity contribution in [2.24, 2.45) is 0 Å². The van der Waals surface area contributed by atoms with Crippen LogP contribution in [0.1, 0.15) is 17.0 Å². The minimum Gasteiger partial charge on any atom is -0.360 e. The van der Waals surface area contributed by atoms with Gasteiger partial charge in [-0.25, -0.2) is 0 Å². The van der Waals surface area contributed by atoms with E-state index in [4.69, 9.17) is 4.52 Å². The Labute approximate surface area is 119 Å². The summed E-state index contributed by atoms with van der Waals surface area (Å²) >= 11 is 0. The summed E-state index contributed by atoms with van der Waals surface area (Å²) in [7, 11) is 0. The minimum absolute atomic E-state index is 0.865. The molecule has 1 fully saturated rings. The third-order valence-electron chi connectivity index (χ3n) is 3.68. The molecule has 0 N–H and O–H groups in total. The molecular formula is C15H20N4O. The highest BCUT2D eigenvalue weighted by Crippen LogP contribution is 2.11. The first-order valence-electron chi connectivity index (χ1n) is 7.05. The molecule has 3 heterocycles. The van der Waals surface area contributed by atoms with Crippen molar-refractivity contribution in [2.45, 2.75) is 20.0 Å². The monoisotopic (exact) mass is 272 g/mol. The molecule has 5 nitrogen and oxygen atoms in total. The van der Waals surface area contributed by atoms with Gasteiger partial charge in [0.05, 0.1) is 12.2 Å². The highest BCUT2D eigenvalue weighted by molar-refractivity contribution is 5.09. The number of rotatable bonds is 4. The number of hydrogen-bond acceptors (Lipinski definition) is 5. The van der Waals surface area contributed by atoms with Crippen LogP contribution in [0.3, 0.4) is 0 Å². The zero-order chi connectivity index (χ0) is 13.8.